The minimum absolute atomic E-state index is 0.171. The van der Waals surface area contributed by atoms with Crippen LogP contribution in [0, 0.1) is 0 Å². The van der Waals surface area contributed by atoms with Crippen LogP contribution < -0.4 is 5.32 Å². The predicted octanol–water partition coefficient (Wildman–Crippen LogP) is -0.511. The number of aromatic nitrogens is 3. The highest BCUT2D eigenvalue weighted by molar-refractivity contribution is 5.76. The maximum Gasteiger partial charge on any atom is 0.224 e. The zero-order chi connectivity index (χ0) is 11.4. The summed E-state index contributed by atoms with van der Waals surface area (Å²) in [5, 5.41) is 10.8. The lowest BCUT2D eigenvalue weighted by Gasteiger charge is -2.23. The molecule has 1 aliphatic heterocycles. The highest BCUT2D eigenvalue weighted by Crippen LogP contribution is 2.07. The molecule has 0 bridgehead atoms. The lowest BCUT2D eigenvalue weighted by Crippen LogP contribution is -2.38. The van der Waals surface area contributed by atoms with E-state index in [1.807, 2.05) is 11.9 Å². The Kier molecular flexibility index (Phi) is 3.51. The Labute approximate surface area is 94.6 Å². The first-order valence-electron chi connectivity index (χ1n) is 5.58. The van der Waals surface area contributed by atoms with Gasteiger partial charge in [-0.15, -0.1) is 5.10 Å². The van der Waals surface area contributed by atoms with Gasteiger partial charge < -0.3 is 10.2 Å². The number of aryl methyl sites for hydroxylation is 1. The molecule has 1 aromatic rings. The maximum atomic E-state index is 11.9. The van der Waals surface area contributed by atoms with E-state index in [-0.39, 0.29) is 5.91 Å². The average molecular weight is 223 g/mol. The normalized spacial score (nSPS) is 19.9. The largest absolute Gasteiger partial charge is 0.341 e. The molecule has 1 unspecified atom stereocenters. The van der Waals surface area contributed by atoms with Crippen molar-refractivity contribution in [1.82, 2.24) is 25.2 Å². The number of amides is 1. The minimum Gasteiger partial charge on any atom is -0.341 e. The van der Waals surface area contributed by atoms with Crippen molar-refractivity contribution in [2.24, 2.45) is 0 Å². The Hall–Kier alpha value is -1.43. The first-order valence-corrected chi connectivity index (χ1v) is 5.58. The van der Waals surface area contributed by atoms with E-state index in [0.29, 0.717) is 19.0 Å². The molecule has 0 aromatic carbocycles. The summed E-state index contributed by atoms with van der Waals surface area (Å²) in [6.45, 7) is 2.51. The van der Waals surface area contributed by atoms with Gasteiger partial charge in [-0.3, -0.25) is 9.48 Å². The SMILES string of the molecule is CN(C(=O)CCn1ccnn1)C1CCNC1. The fraction of sp³-hybridized carbons (Fsp3) is 0.700. The van der Waals surface area contributed by atoms with E-state index in [2.05, 4.69) is 15.6 Å². The van der Waals surface area contributed by atoms with E-state index < -0.39 is 0 Å². The van der Waals surface area contributed by atoms with Crippen LogP contribution in [0.1, 0.15) is 12.8 Å². The molecular formula is C10H17N5O. The van der Waals surface area contributed by atoms with Crippen LogP contribution >= 0.6 is 0 Å². The monoisotopic (exact) mass is 223 g/mol. The topological polar surface area (TPSA) is 63.1 Å². The highest BCUT2D eigenvalue weighted by Gasteiger charge is 2.22. The van der Waals surface area contributed by atoms with Gasteiger partial charge in [0.25, 0.3) is 0 Å². The van der Waals surface area contributed by atoms with Crippen LogP contribution in [0.3, 0.4) is 0 Å². The third kappa shape index (κ3) is 2.57. The van der Waals surface area contributed by atoms with Crippen LogP contribution in [0.15, 0.2) is 12.4 Å². The number of rotatable bonds is 4. The molecule has 1 N–H and O–H groups in total. The fourth-order valence-corrected chi connectivity index (χ4v) is 1.91. The van der Waals surface area contributed by atoms with Crippen molar-refractivity contribution < 1.29 is 4.79 Å². The number of likely N-dealkylation sites (N-methyl/N-ethyl adjacent to an activating group) is 1. The first kappa shape index (κ1) is 11.1. The lowest BCUT2D eigenvalue weighted by atomic mass is 10.2. The molecule has 88 valence electrons. The molecule has 1 fully saturated rings. The van der Waals surface area contributed by atoms with E-state index in [1.54, 1.807) is 17.1 Å². The van der Waals surface area contributed by atoms with Gasteiger partial charge in [-0.05, 0) is 13.0 Å². The van der Waals surface area contributed by atoms with Crippen molar-refractivity contribution >= 4 is 5.91 Å². The molecule has 6 nitrogen and oxygen atoms in total. The van der Waals surface area contributed by atoms with Gasteiger partial charge >= 0.3 is 0 Å². The molecule has 0 saturated carbocycles. The van der Waals surface area contributed by atoms with Gasteiger partial charge in [0.15, 0.2) is 0 Å². The van der Waals surface area contributed by atoms with Crippen LogP contribution in [-0.2, 0) is 11.3 Å². The number of carbonyl (C=O) groups excluding carboxylic acids is 1. The predicted molar refractivity (Wildman–Crippen MR) is 58.7 cm³/mol. The third-order valence-electron chi connectivity index (χ3n) is 3.00. The number of nitrogens with zero attached hydrogens (tertiary/aromatic N) is 4. The van der Waals surface area contributed by atoms with Crippen molar-refractivity contribution in [1.29, 1.82) is 0 Å². The number of hydrogen-bond acceptors (Lipinski definition) is 4. The van der Waals surface area contributed by atoms with E-state index in [0.717, 1.165) is 19.5 Å². The summed E-state index contributed by atoms with van der Waals surface area (Å²) in [6, 6.07) is 0.350. The molecule has 2 rings (SSSR count). The summed E-state index contributed by atoms with van der Waals surface area (Å²) in [6.07, 6.45) is 4.92. The molecule has 2 heterocycles. The third-order valence-corrected chi connectivity index (χ3v) is 3.00. The molecule has 1 aromatic heterocycles. The first-order chi connectivity index (χ1) is 7.77. The second-order valence-corrected chi connectivity index (χ2v) is 4.07. The molecule has 6 heteroatoms. The average Bonchev–Trinajstić information content (AvgIpc) is 2.96. The second kappa shape index (κ2) is 5.07. The van der Waals surface area contributed by atoms with Gasteiger partial charge in [-0.2, -0.15) is 0 Å². The molecule has 16 heavy (non-hydrogen) atoms. The van der Waals surface area contributed by atoms with Gasteiger partial charge in [0.2, 0.25) is 5.91 Å². The molecule has 0 spiro atoms. The number of carbonyl (C=O) groups is 1. The van der Waals surface area contributed by atoms with Gasteiger partial charge in [-0.25, -0.2) is 0 Å². The Morgan fingerprint density at radius 2 is 2.56 bits per heavy atom. The van der Waals surface area contributed by atoms with Gasteiger partial charge in [-0.1, -0.05) is 5.21 Å². The van der Waals surface area contributed by atoms with Crippen LogP contribution in [0.2, 0.25) is 0 Å². The van der Waals surface area contributed by atoms with Crippen molar-refractivity contribution in [2.75, 3.05) is 20.1 Å². The second-order valence-electron chi connectivity index (χ2n) is 4.07. The van der Waals surface area contributed by atoms with Gasteiger partial charge in [0, 0.05) is 32.3 Å². The van der Waals surface area contributed by atoms with Crippen molar-refractivity contribution in [3.63, 3.8) is 0 Å². The summed E-state index contributed by atoms with van der Waals surface area (Å²) in [7, 11) is 1.88. The standard InChI is InChI=1S/C10H17N5O/c1-14(9-2-4-11-8-9)10(16)3-6-15-7-5-12-13-15/h5,7,9,11H,2-4,6,8H2,1H3. The minimum atomic E-state index is 0.171. The van der Waals surface area contributed by atoms with Crippen LogP contribution in [-0.4, -0.2) is 52.0 Å². The Bertz CT molecular complexity index is 331. The molecule has 1 atom stereocenters. The van der Waals surface area contributed by atoms with Crippen LogP contribution in [0.25, 0.3) is 0 Å². The molecule has 1 saturated heterocycles. The van der Waals surface area contributed by atoms with Crippen LogP contribution in [0.4, 0.5) is 0 Å². The fourth-order valence-electron chi connectivity index (χ4n) is 1.91. The summed E-state index contributed by atoms with van der Waals surface area (Å²) >= 11 is 0. The molecule has 1 aliphatic rings. The summed E-state index contributed by atoms with van der Waals surface area (Å²) in [5.74, 6) is 0.171. The zero-order valence-electron chi connectivity index (χ0n) is 9.46. The summed E-state index contributed by atoms with van der Waals surface area (Å²) < 4.78 is 1.68. The van der Waals surface area contributed by atoms with E-state index in [4.69, 9.17) is 0 Å². The molecular weight excluding hydrogens is 206 g/mol. The number of hydrogen-bond donors (Lipinski definition) is 1. The zero-order valence-corrected chi connectivity index (χ0v) is 9.46. The molecule has 1 amide bonds. The highest BCUT2D eigenvalue weighted by atomic mass is 16.2. The van der Waals surface area contributed by atoms with E-state index in [1.165, 1.54) is 0 Å². The van der Waals surface area contributed by atoms with E-state index in [9.17, 15) is 4.79 Å². The molecule has 0 aliphatic carbocycles. The summed E-state index contributed by atoms with van der Waals surface area (Å²) in [4.78, 5) is 13.7. The van der Waals surface area contributed by atoms with Crippen molar-refractivity contribution in [3.8, 4) is 0 Å². The van der Waals surface area contributed by atoms with Crippen molar-refractivity contribution in [2.45, 2.75) is 25.4 Å². The smallest absolute Gasteiger partial charge is 0.224 e. The van der Waals surface area contributed by atoms with Gasteiger partial charge in [0.1, 0.15) is 0 Å². The Morgan fingerprint density at radius 1 is 1.69 bits per heavy atom. The number of nitrogens with one attached hydrogen (secondary N) is 1. The Morgan fingerprint density at radius 3 is 3.19 bits per heavy atom. The van der Waals surface area contributed by atoms with Crippen LogP contribution in [0.5, 0.6) is 0 Å². The quantitative estimate of drug-likeness (QED) is 0.746. The van der Waals surface area contributed by atoms with Crippen molar-refractivity contribution in [3.05, 3.63) is 12.4 Å². The Balaban J connectivity index is 1.78. The lowest BCUT2D eigenvalue weighted by molar-refractivity contribution is -0.131. The molecule has 0 radical (unpaired) electrons. The van der Waals surface area contributed by atoms with Gasteiger partial charge in [0.05, 0.1) is 12.7 Å². The summed E-state index contributed by atoms with van der Waals surface area (Å²) in [5.41, 5.74) is 0. The van der Waals surface area contributed by atoms with E-state index >= 15 is 0 Å². The maximum absolute atomic E-state index is 11.9.